The van der Waals surface area contributed by atoms with Gasteiger partial charge in [-0.25, -0.2) is 0 Å². The van der Waals surface area contributed by atoms with Crippen LogP contribution in [0.5, 0.6) is 0 Å². The molecule has 4 heteroatoms. The summed E-state index contributed by atoms with van der Waals surface area (Å²) < 4.78 is 0. The molecule has 0 saturated heterocycles. The molecule has 0 saturated carbocycles. The number of carbonyl (C=O) groups is 1. The largest absolute Gasteiger partial charge is 0.351 e. The van der Waals surface area contributed by atoms with Crippen LogP contribution in [0.4, 0.5) is 0 Å². The molecule has 2 aromatic rings. The van der Waals surface area contributed by atoms with Crippen LogP contribution in [0.15, 0.2) is 71.9 Å². The molecule has 2 N–H and O–H groups in total. The molecule has 22 heavy (non-hydrogen) atoms. The first kappa shape index (κ1) is 14.5. The van der Waals surface area contributed by atoms with Crippen molar-refractivity contribution >= 4 is 23.1 Å². The number of hydrogen-bond acceptors (Lipinski definition) is 2. The molecule has 0 amide bonds. The van der Waals surface area contributed by atoms with Crippen molar-refractivity contribution in [2.24, 2.45) is 0 Å². The summed E-state index contributed by atoms with van der Waals surface area (Å²) in [6, 6.07) is 18.9. The minimum atomic E-state index is -0.234. The predicted molar refractivity (Wildman–Crippen MR) is 91.5 cm³/mol. The lowest BCUT2D eigenvalue weighted by molar-refractivity contribution is 0.102. The minimum absolute atomic E-state index is 0.00875. The molecule has 0 bridgehead atoms. The Labute approximate surface area is 135 Å². The number of ketones is 1. The summed E-state index contributed by atoms with van der Waals surface area (Å²) in [5.74, 6) is 0.00875. The van der Waals surface area contributed by atoms with Gasteiger partial charge in [-0.2, -0.15) is 0 Å². The van der Waals surface area contributed by atoms with E-state index in [1.54, 1.807) is 0 Å². The molecule has 0 unspecified atom stereocenters. The van der Waals surface area contributed by atoms with E-state index in [4.69, 9.17) is 12.2 Å². The Hall–Kier alpha value is -2.46. The maximum absolute atomic E-state index is 12.9. The van der Waals surface area contributed by atoms with Crippen LogP contribution in [0, 0.1) is 0 Å². The Kier molecular flexibility index (Phi) is 4.02. The highest BCUT2D eigenvalue weighted by molar-refractivity contribution is 7.80. The van der Waals surface area contributed by atoms with E-state index >= 15 is 0 Å². The SMILES string of the molecule is CC1=C(C(=O)c2ccccc2)[C@@H](c2ccccc2)NC(=S)N1. The van der Waals surface area contributed by atoms with Crippen molar-refractivity contribution in [1.29, 1.82) is 0 Å². The van der Waals surface area contributed by atoms with Crippen molar-refractivity contribution in [3.05, 3.63) is 83.1 Å². The molecule has 0 aliphatic carbocycles. The van der Waals surface area contributed by atoms with Gasteiger partial charge >= 0.3 is 0 Å². The van der Waals surface area contributed by atoms with Gasteiger partial charge in [-0.05, 0) is 24.7 Å². The highest BCUT2D eigenvalue weighted by Crippen LogP contribution is 2.29. The quantitative estimate of drug-likeness (QED) is 0.674. The standard InChI is InChI=1S/C18H16N2OS/c1-12-15(17(21)14-10-6-3-7-11-14)16(20-18(22)19-12)13-8-4-2-5-9-13/h2-11,16H,1H3,(H2,19,20,22)/t16-/m1/s1. The second-order valence-corrected chi connectivity index (χ2v) is 5.58. The van der Waals surface area contributed by atoms with E-state index in [9.17, 15) is 4.79 Å². The molecular formula is C18H16N2OS. The lowest BCUT2D eigenvalue weighted by Crippen LogP contribution is -2.44. The summed E-state index contributed by atoms with van der Waals surface area (Å²) in [7, 11) is 0. The van der Waals surface area contributed by atoms with Gasteiger partial charge in [-0.15, -0.1) is 0 Å². The zero-order chi connectivity index (χ0) is 15.5. The molecule has 1 atom stereocenters. The maximum atomic E-state index is 12.9. The predicted octanol–water partition coefficient (Wildman–Crippen LogP) is 3.36. The molecule has 0 spiro atoms. The molecule has 110 valence electrons. The molecule has 0 aromatic heterocycles. The average Bonchev–Trinajstić information content (AvgIpc) is 2.55. The molecule has 2 aromatic carbocycles. The number of thiocarbonyl (C=S) groups is 1. The van der Waals surface area contributed by atoms with E-state index in [1.165, 1.54) is 0 Å². The molecule has 3 nitrogen and oxygen atoms in total. The van der Waals surface area contributed by atoms with E-state index in [2.05, 4.69) is 10.6 Å². The van der Waals surface area contributed by atoms with Gasteiger partial charge in [0.25, 0.3) is 0 Å². The molecule has 1 heterocycles. The Morgan fingerprint density at radius 3 is 2.23 bits per heavy atom. The van der Waals surface area contributed by atoms with E-state index < -0.39 is 0 Å². The molecule has 0 fully saturated rings. The Morgan fingerprint density at radius 1 is 1.00 bits per heavy atom. The Bertz CT molecular complexity index is 738. The fourth-order valence-electron chi connectivity index (χ4n) is 2.64. The van der Waals surface area contributed by atoms with Crippen LogP contribution < -0.4 is 10.6 Å². The number of rotatable bonds is 3. The third kappa shape index (κ3) is 2.78. The van der Waals surface area contributed by atoms with Gasteiger partial charge < -0.3 is 10.6 Å². The zero-order valence-corrected chi connectivity index (χ0v) is 13.0. The summed E-state index contributed by atoms with van der Waals surface area (Å²) in [6.07, 6.45) is 0. The van der Waals surface area contributed by atoms with Crippen molar-refractivity contribution in [2.75, 3.05) is 0 Å². The van der Waals surface area contributed by atoms with Gasteiger partial charge in [0.05, 0.1) is 6.04 Å². The number of carbonyl (C=O) groups excluding carboxylic acids is 1. The Morgan fingerprint density at radius 2 is 1.59 bits per heavy atom. The van der Waals surface area contributed by atoms with E-state index in [-0.39, 0.29) is 11.8 Å². The summed E-state index contributed by atoms with van der Waals surface area (Å²) in [6.45, 7) is 1.89. The molecular weight excluding hydrogens is 292 g/mol. The Balaban J connectivity index is 2.06. The van der Waals surface area contributed by atoms with Gasteiger partial charge in [0.15, 0.2) is 10.9 Å². The average molecular weight is 308 g/mol. The van der Waals surface area contributed by atoms with Crippen molar-refractivity contribution in [3.8, 4) is 0 Å². The number of Topliss-reactive ketones (excluding diaryl/α,β-unsaturated/α-hetero) is 1. The van der Waals surface area contributed by atoms with Crippen molar-refractivity contribution in [3.63, 3.8) is 0 Å². The summed E-state index contributed by atoms with van der Waals surface area (Å²) >= 11 is 5.25. The van der Waals surface area contributed by atoms with Gasteiger partial charge in [-0.1, -0.05) is 60.7 Å². The topological polar surface area (TPSA) is 41.1 Å². The molecule has 3 rings (SSSR count). The van der Waals surface area contributed by atoms with Crippen LogP contribution in [-0.4, -0.2) is 10.9 Å². The molecule has 1 aliphatic heterocycles. The molecule has 0 radical (unpaired) electrons. The summed E-state index contributed by atoms with van der Waals surface area (Å²) in [5.41, 5.74) is 3.19. The highest BCUT2D eigenvalue weighted by atomic mass is 32.1. The lowest BCUT2D eigenvalue weighted by Gasteiger charge is -2.30. The normalized spacial score (nSPS) is 17.7. The van der Waals surface area contributed by atoms with Gasteiger partial charge in [0, 0.05) is 16.8 Å². The van der Waals surface area contributed by atoms with Gasteiger partial charge in [0.1, 0.15) is 0 Å². The third-order valence-corrected chi connectivity index (χ3v) is 3.90. The summed E-state index contributed by atoms with van der Waals surface area (Å²) in [5, 5.41) is 6.80. The maximum Gasteiger partial charge on any atom is 0.193 e. The zero-order valence-electron chi connectivity index (χ0n) is 12.2. The second-order valence-electron chi connectivity index (χ2n) is 5.18. The number of hydrogen-bond donors (Lipinski definition) is 2. The van der Waals surface area contributed by atoms with Crippen LogP contribution in [-0.2, 0) is 0 Å². The van der Waals surface area contributed by atoms with Crippen LogP contribution >= 0.6 is 12.2 Å². The monoisotopic (exact) mass is 308 g/mol. The fraction of sp³-hybridized carbons (Fsp3) is 0.111. The summed E-state index contributed by atoms with van der Waals surface area (Å²) in [4.78, 5) is 12.9. The minimum Gasteiger partial charge on any atom is -0.351 e. The number of allylic oxidation sites excluding steroid dienone is 1. The van der Waals surface area contributed by atoms with Crippen molar-refractivity contribution in [2.45, 2.75) is 13.0 Å². The first-order chi connectivity index (χ1) is 10.7. The highest BCUT2D eigenvalue weighted by Gasteiger charge is 2.30. The van der Waals surface area contributed by atoms with Crippen molar-refractivity contribution < 1.29 is 4.79 Å². The van der Waals surface area contributed by atoms with Gasteiger partial charge in [-0.3, -0.25) is 4.79 Å². The van der Waals surface area contributed by atoms with Crippen LogP contribution in [0.1, 0.15) is 28.9 Å². The first-order valence-corrected chi connectivity index (χ1v) is 7.50. The molecule has 1 aliphatic rings. The van der Waals surface area contributed by atoms with E-state index in [0.717, 1.165) is 11.3 Å². The smallest absolute Gasteiger partial charge is 0.193 e. The van der Waals surface area contributed by atoms with Crippen LogP contribution in [0.3, 0.4) is 0 Å². The second kappa shape index (κ2) is 6.12. The number of benzene rings is 2. The first-order valence-electron chi connectivity index (χ1n) is 7.10. The lowest BCUT2D eigenvalue weighted by atomic mass is 9.90. The van der Waals surface area contributed by atoms with E-state index in [0.29, 0.717) is 16.2 Å². The third-order valence-electron chi connectivity index (χ3n) is 3.68. The fourth-order valence-corrected chi connectivity index (χ4v) is 2.91. The van der Waals surface area contributed by atoms with Crippen LogP contribution in [0.25, 0.3) is 0 Å². The number of nitrogens with one attached hydrogen (secondary N) is 2. The van der Waals surface area contributed by atoms with Crippen LogP contribution in [0.2, 0.25) is 0 Å². The van der Waals surface area contributed by atoms with E-state index in [1.807, 2.05) is 67.6 Å². The van der Waals surface area contributed by atoms with Crippen molar-refractivity contribution in [1.82, 2.24) is 10.6 Å². The van der Waals surface area contributed by atoms with Gasteiger partial charge in [0.2, 0.25) is 0 Å².